The number of rotatable bonds is 1. The SMILES string of the molecule is CN(C)c1cccc2c1C(C#N)CCC2. The van der Waals surface area contributed by atoms with Gasteiger partial charge in [-0.25, -0.2) is 0 Å². The van der Waals surface area contributed by atoms with Crippen molar-refractivity contribution in [2.24, 2.45) is 0 Å². The van der Waals surface area contributed by atoms with E-state index < -0.39 is 0 Å². The molecule has 15 heavy (non-hydrogen) atoms. The molecule has 0 aliphatic heterocycles. The van der Waals surface area contributed by atoms with Crippen molar-refractivity contribution in [3.8, 4) is 6.07 Å². The highest BCUT2D eigenvalue weighted by atomic mass is 15.1. The minimum absolute atomic E-state index is 0.0901. The van der Waals surface area contributed by atoms with Gasteiger partial charge in [0, 0.05) is 19.8 Å². The lowest BCUT2D eigenvalue weighted by Crippen LogP contribution is -2.17. The Morgan fingerprint density at radius 3 is 2.87 bits per heavy atom. The van der Waals surface area contributed by atoms with Gasteiger partial charge in [-0.05, 0) is 36.5 Å². The highest BCUT2D eigenvalue weighted by Crippen LogP contribution is 2.37. The monoisotopic (exact) mass is 200 g/mol. The maximum absolute atomic E-state index is 9.18. The molecule has 2 heteroatoms. The summed E-state index contributed by atoms with van der Waals surface area (Å²) >= 11 is 0. The summed E-state index contributed by atoms with van der Waals surface area (Å²) in [6, 6.07) is 8.78. The first-order valence-corrected chi connectivity index (χ1v) is 5.42. The zero-order valence-corrected chi connectivity index (χ0v) is 9.33. The Bertz CT molecular complexity index is 401. The number of hydrogen-bond donors (Lipinski definition) is 0. The molecule has 0 radical (unpaired) electrons. The van der Waals surface area contributed by atoms with E-state index in [0.717, 1.165) is 19.3 Å². The van der Waals surface area contributed by atoms with Gasteiger partial charge < -0.3 is 4.90 Å². The molecule has 0 amide bonds. The van der Waals surface area contributed by atoms with Crippen LogP contribution in [0.1, 0.15) is 29.9 Å². The number of hydrogen-bond acceptors (Lipinski definition) is 2. The van der Waals surface area contributed by atoms with Crippen molar-refractivity contribution in [1.82, 2.24) is 0 Å². The molecule has 0 saturated carbocycles. The van der Waals surface area contributed by atoms with E-state index in [1.807, 2.05) is 14.1 Å². The molecule has 0 N–H and O–H groups in total. The van der Waals surface area contributed by atoms with Gasteiger partial charge in [-0.3, -0.25) is 0 Å². The maximum atomic E-state index is 9.18. The topological polar surface area (TPSA) is 27.0 Å². The summed E-state index contributed by atoms with van der Waals surface area (Å²) in [6.07, 6.45) is 3.27. The van der Waals surface area contributed by atoms with Crippen molar-refractivity contribution in [1.29, 1.82) is 5.26 Å². The molecule has 0 fully saturated rings. The second kappa shape index (κ2) is 3.94. The number of nitrogens with zero attached hydrogens (tertiary/aromatic N) is 2. The molecule has 2 rings (SSSR count). The third kappa shape index (κ3) is 1.70. The van der Waals surface area contributed by atoms with E-state index >= 15 is 0 Å². The predicted octanol–water partition coefficient (Wildman–Crippen LogP) is 2.70. The van der Waals surface area contributed by atoms with Gasteiger partial charge in [-0.1, -0.05) is 12.1 Å². The lowest BCUT2D eigenvalue weighted by Gasteiger charge is -2.26. The fourth-order valence-electron chi connectivity index (χ4n) is 2.38. The van der Waals surface area contributed by atoms with Gasteiger partial charge in [0.15, 0.2) is 0 Å². The average Bonchev–Trinajstić information content (AvgIpc) is 2.27. The molecule has 0 aromatic heterocycles. The first-order chi connectivity index (χ1) is 7.24. The van der Waals surface area contributed by atoms with Gasteiger partial charge in [-0.2, -0.15) is 5.26 Å². The fraction of sp³-hybridized carbons (Fsp3) is 0.462. The van der Waals surface area contributed by atoms with Crippen LogP contribution in [0.4, 0.5) is 5.69 Å². The molecule has 78 valence electrons. The van der Waals surface area contributed by atoms with Crippen LogP contribution in [-0.2, 0) is 6.42 Å². The van der Waals surface area contributed by atoms with Gasteiger partial charge in [-0.15, -0.1) is 0 Å². The molecule has 1 aromatic rings. The van der Waals surface area contributed by atoms with E-state index in [1.54, 1.807) is 0 Å². The fourth-order valence-corrected chi connectivity index (χ4v) is 2.38. The molecule has 1 atom stereocenters. The van der Waals surface area contributed by atoms with Crippen LogP contribution in [-0.4, -0.2) is 14.1 Å². The van der Waals surface area contributed by atoms with Crippen LogP contribution in [0.3, 0.4) is 0 Å². The van der Waals surface area contributed by atoms with E-state index in [4.69, 9.17) is 0 Å². The van der Waals surface area contributed by atoms with Crippen molar-refractivity contribution in [3.05, 3.63) is 29.3 Å². The van der Waals surface area contributed by atoms with Crippen LogP contribution < -0.4 is 4.90 Å². The second-order valence-corrected chi connectivity index (χ2v) is 4.32. The summed E-state index contributed by atoms with van der Waals surface area (Å²) in [5, 5.41) is 9.18. The molecule has 2 nitrogen and oxygen atoms in total. The smallest absolute Gasteiger partial charge is 0.0735 e. The van der Waals surface area contributed by atoms with Gasteiger partial charge in [0.25, 0.3) is 0 Å². The lowest BCUT2D eigenvalue weighted by molar-refractivity contribution is 0.636. The van der Waals surface area contributed by atoms with E-state index in [-0.39, 0.29) is 5.92 Å². The first-order valence-electron chi connectivity index (χ1n) is 5.42. The largest absolute Gasteiger partial charge is 0.377 e. The highest BCUT2D eigenvalue weighted by molar-refractivity contribution is 5.59. The summed E-state index contributed by atoms with van der Waals surface area (Å²) in [4.78, 5) is 2.11. The van der Waals surface area contributed by atoms with E-state index in [0.29, 0.717) is 0 Å². The second-order valence-electron chi connectivity index (χ2n) is 4.32. The Hall–Kier alpha value is -1.49. The van der Waals surface area contributed by atoms with Crippen LogP contribution in [0.15, 0.2) is 18.2 Å². The van der Waals surface area contributed by atoms with Gasteiger partial charge >= 0.3 is 0 Å². The van der Waals surface area contributed by atoms with E-state index in [9.17, 15) is 5.26 Å². The predicted molar refractivity (Wildman–Crippen MR) is 62.1 cm³/mol. The molecule has 0 bridgehead atoms. The van der Waals surface area contributed by atoms with Crippen LogP contribution >= 0.6 is 0 Å². The molecule has 0 spiro atoms. The molecule has 0 heterocycles. The van der Waals surface area contributed by atoms with Crippen molar-refractivity contribution < 1.29 is 0 Å². The van der Waals surface area contributed by atoms with Crippen molar-refractivity contribution in [2.75, 3.05) is 19.0 Å². The maximum Gasteiger partial charge on any atom is 0.0735 e. The van der Waals surface area contributed by atoms with Crippen molar-refractivity contribution in [2.45, 2.75) is 25.2 Å². The molecule has 0 saturated heterocycles. The van der Waals surface area contributed by atoms with Gasteiger partial charge in [0.2, 0.25) is 0 Å². The van der Waals surface area contributed by atoms with Gasteiger partial charge in [0.1, 0.15) is 0 Å². The summed E-state index contributed by atoms with van der Waals surface area (Å²) < 4.78 is 0. The van der Waals surface area contributed by atoms with Crippen molar-refractivity contribution >= 4 is 5.69 Å². The Morgan fingerprint density at radius 2 is 2.20 bits per heavy atom. The average molecular weight is 200 g/mol. The summed E-state index contributed by atoms with van der Waals surface area (Å²) in [6.45, 7) is 0. The van der Waals surface area contributed by atoms with Crippen LogP contribution in [0.25, 0.3) is 0 Å². The molecular weight excluding hydrogens is 184 g/mol. The Labute approximate surface area is 91.1 Å². The molecule has 1 unspecified atom stereocenters. The molecular formula is C13H16N2. The van der Waals surface area contributed by atoms with E-state index in [1.165, 1.54) is 16.8 Å². The summed E-state index contributed by atoms with van der Waals surface area (Å²) in [5.41, 5.74) is 3.83. The summed E-state index contributed by atoms with van der Waals surface area (Å²) in [7, 11) is 4.08. The first kappa shape index (κ1) is 10.0. The third-order valence-electron chi connectivity index (χ3n) is 3.10. The normalized spacial score (nSPS) is 19.1. The number of aryl methyl sites for hydroxylation is 1. The summed E-state index contributed by atoms with van der Waals surface area (Å²) in [5.74, 6) is 0.0901. The zero-order valence-electron chi connectivity index (χ0n) is 9.33. The van der Waals surface area contributed by atoms with Crippen LogP contribution in [0.2, 0.25) is 0 Å². The highest BCUT2D eigenvalue weighted by Gasteiger charge is 2.23. The minimum Gasteiger partial charge on any atom is -0.377 e. The zero-order chi connectivity index (χ0) is 10.8. The standard InChI is InChI=1S/C13H16N2/c1-15(2)12-8-4-6-10-5-3-7-11(9-14)13(10)12/h4,6,8,11H,3,5,7H2,1-2H3. The van der Waals surface area contributed by atoms with Crippen LogP contribution in [0.5, 0.6) is 0 Å². The lowest BCUT2D eigenvalue weighted by atomic mass is 9.82. The molecule has 1 aliphatic rings. The Balaban J connectivity index is 2.56. The number of benzene rings is 1. The number of anilines is 1. The quantitative estimate of drug-likeness (QED) is 0.697. The van der Waals surface area contributed by atoms with Gasteiger partial charge in [0.05, 0.1) is 12.0 Å². The Kier molecular flexibility index (Phi) is 2.64. The van der Waals surface area contributed by atoms with Crippen LogP contribution in [0, 0.1) is 11.3 Å². The van der Waals surface area contributed by atoms with Crippen molar-refractivity contribution in [3.63, 3.8) is 0 Å². The number of nitriles is 1. The number of fused-ring (bicyclic) bond motifs is 1. The molecule has 1 aliphatic carbocycles. The molecule has 1 aromatic carbocycles. The third-order valence-corrected chi connectivity index (χ3v) is 3.10. The van der Waals surface area contributed by atoms with E-state index in [2.05, 4.69) is 29.2 Å². The Morgan fingerprint density at radius 1 is 1.40 bits per heavy atom. The minimum atomic E-state index is 0.0901.